The third-order valence-corrected chi connectivity index (χ3v) is 5.91. The zero-order chi connectivity index (χ0) is 21.5. The average Bonchev–Trinajstić information content (AvgIpc) is 2.75. The Kier molecular flexibility index (Phi) is 10.2. The number of para-hydroxylation sites is 1. The first kappa shape index (κ1) is 25.6. The quantitative estimate of drug-likeness (QED) is 0.346. The van der Waals surface area contributed by atoms with Crippen molar-refractivity contribution in [3.05, 3.63) is 64.7 Å². The number of aryl methyl sites for hydroxylation is 1. The van der Waals surface area contributed by atoms with E-state index in [1.807, 2.05) is 36.4 Å². The zero-order valence-corrected chi connectivity index (χ0v) is 20.3. The third kappa shape index (κ3) is 6.66. The van der Waals surface area contributed by atoms with Gasteiger partial charge in [-0.05, 0) is 62.2 Å². The van der Waals surface area contributed by atoms with E-state index in [0.717, 1.165) is 72.1 Å². The van der Waals surface area contributed by atoms with Crippen molar-refractivity contribution in [2.45, 2.75) is 52.6 Å². The van der Waals surface area contributed by atoms with E-state index in [-0.39, 0.29) is 12.4 Å². The Balaban J connectivity index is 0.00000341. The molecular formula is C26H34Cl2N2O. The SMILES string of the molecule is CCCCN(CCCC)CC(O)c1cc(-c2ccc(Cl)cc2)nc2c(C)cccc12.Cl. The number of aliphatic hydroxyl groups is 1. The highest BCUT2D eigenvalue weighted by Gasteiger charge is 2.18. The van der Waals surface area contributed by atoms with Gasteiger partial charge in [0.1, 0.15) is 0 Å². The minimum Gasteiger partial charge on any atom is -0.387 e. The van der Waals surface area contributed by atoms with Gasteiger partial charge in [0.15, 0.2) is 0 Å². The summed E-state index contributed by atoms with van der Waals surface area (Å²) < 4.78 is 0. The lowest BCUT2D eigenvalue weighted by atomic mass is 9.98. The van der Waals surface area contributed by atoms with E-state index < -0.39 is 6.10 Å². The Hall–Kier alpha value is -1.65. The Morgan fingerprint density at radius 2 is 1.65 bits per heavy atom. The number of aromatic nitrogens is 1. The lowest BCUT2D eigenvalue weighted by Crippen LogP contribution is -2.31. The lowest BCUT2D eigenvalue weighted by molar-refractivity contribution is 0.112. The van der Waals surface area contributed by atoms with Gasteiger partial charge in [0, 0.05) is 22.5 Å². The molecule has 0 fully saturated rings. The molecule has 3 nitrogen and oxygen atoms in total. The van der Waals surface area contributed by atoms with E-state index >= 15 is 0 Å². The monoisotopic (exact) mass is 460 g/mol. The maximum atomic E-state index is 11.3. The number of rotatable bonds is 10. The van der Waals surface area contributed by atoms with Crippen molar-refractivity contribution in [1.82, 2.24) is 9.88 Å². The number of aliphatic hydroxyl groups excluding tert-OH is 1. The van der Waals surface area contributed by atoms with Gasteiger partial charge in [-0.2, -0.15) is 0 Å². The Morgan fingerprint density at radius 1 is 1.00 bits per heavy atom. The molecule has 0 saturated carbocycles. The molecule has 1 unspecified atom stereocenters. The van der Waals surface area contributed by atoms with Crippen LogP contribution >= 0.6 is 24.0 Å². The number of unbranched alkanes of at least 4 members (excludes halogenated alkanes) is 2. The molecule has 168 valence electrons. The normalized spacial score (nSPS) is 12.2. The summed E-state index contributed by atoms with van der Waals surface area (Å²) in [7, 11) is 0. The largest absolute Gasteiger partial charge is 0.387 e. The van der Waals surface area contributed by atoms with Gasteiger partial charge in [-0.1, -0.05) is 68.6 Å². The summed E-state index contributed by atoms with van der Waals surface area (Å²) in [4.78, 5) is 7.33. The number of halogens is 2. The highest BCUT2D eigenvalue weighted by molar-refractivity contribution is 6.30. The number of hydrogen-bond acceptors (Lipinski definition) is 3. The Morgan fingerprint density at radius 3 is 2.26 bits per heavy atom. The molecule has 1 atom stereocenters. The molecule has 0 aliphatic carbocycles. The summed E-state index contributed by atoms with van der Waals surface area (Å²) in [5.74, 6) is 0. The molecular weight excluding hydrogens is 427 g/mol. The maximum absolute atomic E-state index is 11.3. The summed E-state index contributed by atoms with van der Waals surface area (Å²) in [6.45, 7) is 9.20. The van der Waals surface area contributed by atoms with Crippen LogP contribution in [0.3, 0.4) is 0 Å². The number of fused-ring (bicyclic) bond motifs is 1. The van der Waals surface area contributed by atoms with Crippen LogP contribution in [-0.4, -0.2) is 34.6 Å². The molecule has 0 spiro atoms. The molecule has 0 amide bonds. The van der Waals surface area contributed by atoms with Crippen molar-refractivity contribution < 1.29 is 5.11 Å². The number of pyridine rings is 1. The van der Waals surface area contributed by atoms with E-state index in [2.05, 4.69) is 37.8 Å². The van der Waals surface area contributed by atoms with Gasteiger partial charge in [0.05, 0.1) is 17.3 Å². The molecule has 0 saturated heterocycles. The first-order valence-electron chi connectivity index (χ1n) is 11.1. The second kappa shape index (κ2) is 12.4. The molecule has 1 N–H and O–H groups in total. The second-order valence-electron chi connectivity index (χ2n) is 8.10. The van der Waals surface area contributed by atoms with E-state index in [4.69, 9.17) is 16.6 Å². The molecule has 3 aromatic rings. The number of benzene rings is 2. The summed E-state index contributed by atoms with van der Waals surface area (Å²) in [6.07, 6.45) is 4.08. The molecule has 0 bridgehead atoms. The van der Waals surface area contributed by atoms with Gasteiger partial charge in [-0.15, -0.1) is 12.4 Å². The van der Waals surface area contributed by atoms with Crippen LogP contribution in [0.2, 0.25) is 5.02 Å². The predicted molar refractivity (Wildman–Crippen MR) is 135 cm³/mol. The fourth-order valence-corrected chi connectivity index (χ4v) is 3.99. The van der Waals surface area contributed by atoms with E-state index in [1.54, 1.807) is 0 Å². The van der Waals surface area contributed by atoms with Crippen LogP contribution in [-0.2, 0) is 0 Å². The highest BCUT2D eigenvalue weighted by Crippen LogP contribution is 2.31. The minimum absolute atomic E-state index is 0. The number of nitrogens with zero attached hydrogens (tertiary/aromatic N) is 2. The number of hydrogen-bond donors (Lipinski definition) is 1. The smallest absolute Gasteiger partial charge is 0.0924 e. The van der Waals surface area contributed by atoms with Gasteiger partial charge in [0.25, 0.3) is 0 Å². The van der Waals surface area contributed by atoms with Crippen molar-refractivity contribution >= 4 is 34.9 Å². The van der Waals surface area contributed by atoms with Gasteiger partial charge in [-0.25, -0.2) is 4.98 Å². The Bertz CT molecular complexity index is 952. The van der Waals surface area contributed by atoms with E-state index in [0.29, 0.717) is 11.6 Å². The fraction of sp³-hybridized carbons (Fsp3) is 0.423. The van der Waals surface area contributed by atoms with Crippen LogP contribution in [0.5, 0.6) is 0 Å². The highest BCUT2D eigenvalue weighted by atomic mass is 35.5. The predicted octanol–water partition coefficient (Wildman–Crippen LogP) is 7.22. The molecule has 2 aromatic carbocycles. The molecule has 0 aliphatic rings. The Labute approximate surface area is 197 Å². The van der Waals surface area contributed by atoms with Gasteiger partial charge in [-0.3, -0.25) is 0 Å². The lowest BCUT2D eigenvalue weighted by Gasteiger charge is -2.26. The van der Waals surface area contributed by atoms with Gasteiger partial charge >= 0.3 is 0 Å². The standard InChI is InChI=1S/C26H33ClN2O.ClH/c1-4-6-15-29(16-7-5-2)18-25(30)23-17-24(20-11-13-21(27)14-12-20)28-26-19(3)9-8-10-22(23)26;/h8-14,17,25,30H,4-7,15-16,18H2,1-3H3;1H. The van der Waals surface area contributed by atoms with Crippen molar-refractivity contribution in [3.8, 4) is 11.3 Å². The fourth-order valence-electron chi connectivity index (χ4n) is 3.86. The molecule has 0 radical (unpaired) electrons. The maximum Gasteiger partial charge on any atom is 0.0924 e. The van der Waals surface area contributed by atoms with Crippen LogP contribution in [0.15, 0.2) is 48.5 Å². The van der Waals surface area contributed by atoms with Crippen molar-refractivity contribution in [3.63, 3.8) is 0 Å². The van der Waals surface area contributed by atoms with Crippen LogP contribution in [0.25, 0.3) is 22.2 Å². The zero-order valence-electron chi connectivity index (χ0n) is 18.8. The van der Waals surface area contributed by atoms with Crippen molar-refractivity contribution in [2.75, 3.05) is 19.6 Å². The average molecular weight is 461 g/mol. The van der Waals surface area contributed by atoms with Gasteiger partial charge in [0.2, 0.25) is 0 Å². The second-order valence-corrected chi connectivity index (χ2v) is 8.53. The first-order valence-corrected chi connectivity index (χ1v) is 11.5. The molecule has 3 rings (SSSR count). The molecule has 5 heteroatoms. The molecule has 1 aromatic heterocycles. The van der Waals surface area contributed by atoms with E-state index in [9.17, 15) is 5.11 Å². The summed E-state index contributed by atoms with van der Waals surface area (Å²) in [6, 6.07) is 16.0. The van der Waals surface area contributed by atoms with E-state index in [1.165, 1.54) is 0 Å². The van der Waals surface area contributed by atoms with Crippen LogP contribution < -0.4 is 0 Å². The van der Waals surface area contributed by atoms with Crippen molar-refractivity contribution in [2.24, 2.45) is 0 Å². The van der Waals surface area contributed by atoms with Gasteiger partial charge < -0.3 is 10.0 Å². The minimum atomic E-state index is -0.558. The van der Waals surface area contributed by atoms with Crippen LogP contribution in [0, 0.1) is 6.92 Å². The first-order chi connectivity index (χ1) is 14.5. The molecule has 0 aliphatic heterocycles. The molecule has 1 heterocycles. The van der Waals surface area contributed by atoms with Crippen LogP contribution in [0.1, 0.15) is 56.8 Å². The van der Waals surface area contributed by atoms with Crippen LogP contribution in [0.4, 0.5) is 0 Å². The molecule has 31 heavy (non-hydrogen) atoms. The topological polar surface area (TPSA) is 36.4 Å². The third-order valence-electron chi connectivity index (χ3n) is 5.66. The van der Waals surface area contributed by atoms with Crippen molar-refractivity contribution in [1.29, 1.82) is 0 Å². The summed E-state index contributed by atoms with van der Waals surface area (Å²) in [5.41, 5.74) is 4.90. The summed E-state index contributed by atoms with van der Waals surface area (Å²) >= 11 is 6.08. The summed E-state index contributed by atoms with van der Waals surface area (Å²) in [5, 5.41) is 13.0.